The zero-order valence-corrected chi connectivity index (χ0v) is 14.3. The lowest BCUT2D eigenvalue weighted by Gasteiger charge is -2.45. The summed E-state index contributed by atoms with van der Waals surface area (Å²) in [5.41, 5.74) is 3.06. The molecule has 0 radical (unpaired) electrons. The average Bonchev–Trinajstić information content (AvgIpc) is 2.46. The second-order valence-corrected chi connectivity index (χ2v) is 6.16. The summed E-state index contributed by atoms with van der Waals surface area (Å²) in [5, 5.41) is 0. The summed E-state index contributed by atoms with van der Waals surface area (Å²) in [6.45, 7) is 10.8. The Hall–Kier alpha value is -1.97. The molecule has 4 heteroatoms. The van der Waals surface area contributed by atoms with Gasteiger partial charge in [0.05, 0.1) is 19.3 Å². The van der Waals surface area contributed by atoms with Crippen molar-refractivity contribution in [2.45, 2.75) is 46.2 Å². The van der Waals surface area contributed by atoms with Gasteiger partial charge in [-0.05, 0) is 58.4 Å². The number of anilines is 1. The van der Waals surface area contributed by atoms with Crippen LogP contribution in [0, 0.1) is 0 Å². The van der Waals surface area contributed by atoms with Crippen molar-refractivity contribution in [1.82, 2.24) is 0 Å². The number of hydrogen-bond donors (Lipinski definition) is 0. The summed E-state index contributed by atoms with van der Waals surface area (Å²) in [7, 11) is 1.43. The van der Waals surface area contributed by atoms with Crippen LogP contribution in [0.5, 0.6) is 5.75 Å². The standard InChI is InChI=1S/C18H25NO3/c1-7-22-14-8-9-16-15(10-14)12(2)11-18(4,5)19(16)13(3)17(20)21-6/h8-11,13H,7H2,1-6H3/t13-/m0/s1. The van der Waals surface area contributed by atoms with Crippen LogP contribution in [0.4, 0.5) is 5.69 Å². The van der Waals surface area contributed by atoms with Gasteiger partial charge in [0.1, 0.15) is 11.8 Å². The Morgan fingerprint density at radius 3 is 2.64 bits per heavy atom. The molecule has 4 nitrogen and oxygen atoms in total. The number of rotatable bonds is 4. The van der Waals surface area contributed by atoms with E-state index in [0.29, 0.717) is 6.61 Å². The van der Waals surface area contributed by atoms with E-state index in [-0.39, 0.29) is 17.6 Å². The topological polar surface area (TPSA) is 38.8 Å². The highest BCUT2D eigenvalue weighted by Gasteiger charge is 2.37. The number of benzene rings is 1. The monoisotopic (exact) mass is 303 g/mol. The van der Waals surface area contributed by atoms with Crippen LogP contribution in [-0.4, -0.2) is 31.3 Å². The normalized spacial score (nSPS) is 17.4. The Morgan fingerprint density at radius 2 is 2.05 bits per heavy atom. The fraction of sp³-hybridized carbons (Fsp3) is 0.500. The molecule has 0 N–H and O–H groups in total. The third kappa shape index (κ3) is 2.82. The first-order chi connectivity index (χ1) is 10.3. The number of esters is 1. The summed E-state index contributed by atoms with van der Waals surface area (Å²) >= 11 is 0. The lowest BCUT2D eigenvalue weighted by Crippen LogP contribution is -2.53. The third-order valence-electron chi connectivity index (χ3n) is 4.08. The fourth-order valence-corrected chi connectivity index (χ4v) is 3.27. The molecule has 0 unspecified atom stereocenters. The summed E-state index contributed by atoms with van der Waals surface area (Å²) in [6, 6.07) is 5.66. The van der Waals surface area contributed by atoms with Crippen LogP contribution >= 0.6 is 0 Å². The number of nitrogens with zero attached hydrogens (tertiary/aromatic N) is 1. The van der Waals surface area contributed by atoms with Gasteiger partial charge in [-0.15, -0.1) is 0 Å². The van der Waals surface area contributed by atoms with Crippen LogP contribution in [0.1, 0.15) is 40.2 Å². The van der Waals surface area contributed by atoms with E-state index >= 15 is 0 Å². The van der Waals surface area contributed by atoms with E-state index < -0.39 is 0 Å². The Labute approximate surface area is 132 Å². The van der Waals surface area contributed by atoms with Gasteiger partial charge in [-0.25, -0.2) is 4.79 Å². The van der Waals surface area contributed by atoms with E-state index in [2.05, 4.69) is 31.7 Å². The largest absolute Gasteiger partial charge is 0.494 e. The van der Waals surface area contributed by atoms with Crippen molar-refractivity contribution in [2.24, 2.45) is 0 Å². The molecule has 22 heavy (non-hydrogen) atoms. The van der Waals surface area contributed by atoms with Crippen molar-refractivity contribution >= 4 is 17.2 Å². The highest BCUT2D eigenvalue weighted by molar-refractivity contribution is 5.87. The molecule has 0 bridgehead atoms. The van der Waals surface area contributed by atoms with Crippen LogP contribution < -0.4 is 9.64 Å². The number of hydrogen-bond acceptors (Lipinski definition) is 4. The Bertz CT molecular complexity index is 604. The molecule has 0 aliphatic carbocycles. The first-order valence-corrected chi connectivity index (χ1v) is 7.65. The summed E-state index contributed by atoms with van der Waals surface area (Å²) < 4.78 is 10.5. The van der Waals surface area contributed by atoms with Gasteiger partial charge < -0.3 is 14.4 Å². The van der Waals surface area contributed by atoms with Crippen molar-refractivity contribution in [3.63, 3.8) is 0 Å². The van der Waals surface area contributed by atoms with Gasteiger partial charge in [-0.2, -0.15) is 0 Å². The van der Waals surface area contributed by atoms with Crippen LogP contribution in [0.15, 0.2) is 24.3 Å². The maximum Gasteiger partial charge on any atom is 0.328 e. The summed E-state index contributed by atoms with van der Waals surface area (Å²) in [4.78, 5) is 14.2. The van der Waals surface area contributed by atoms with Gasteiger partial charge in [-0.3, -0.25) is 0 Å². The smallest absolute Gasteiger partial charge is 0.328 e. The van der Waals surface area contributed by atoms with E-state index in [1.54, 1.807) is 0 Å². The highest BCUT2D eigenvalue weighted by atomic mass is 16.5. The molecule has 1 aromatic rings. The molecule has 1 aromatic carbocycles. The second-order valence-electron chi connectivity index (χ2n) is 6.16. The molecule has 0 saturated heterocycles. The minimum Gasteiger partial charge on any atom is -0.494 e. The quantitative estimate of drug-likeness (QED) is 0.796. The first kappa shape index (κ1) is 16.4. The molecule has 1 atom stereocenters. The Kier molecular flexibility index (Phi) is 4.50. The Morgan fingerprint density at radius 1 is 1.36 bits per heavy atom. The summed E-state index contributed by atoms with van der Waals surface area (Å²) in [5.74, 6) is 0.611. The molecule has 0 spiro atoms. The van der Waals surface area contributed by atoms with Crippen LogP contribution in [0.2, 0.25) is 0 Å². The minimum absolute atomic E-state index is 0.235. The van der Waals surface area contributed by atoms with E-state index in [9.17, 15) is 4.79 Å². The lowest BCUT2D eigenvalue weighted by atomic mass is 9.87. The van der Waals surface area contributed by atoms with Crippen LogP contribution in [0.3, 0.4) is 0 Å². The molecule has 1 aliphatic rings. The molecule has 120 valence electrons. The van der Waals surface area contributed by atoms with Gasteiger partial charge in [0, 0.05) is 11.3 Å². The lowest BCUT2D eigenvalue weighted by molar-refractivity contribution is -0.142. The molecule has 1 heterocycles. The fourth-order valence-electron chi connectivity index (χ4n) is 3.27. The maximum absolute atomic E-state index is 12.1. The predicted molar refractivity (Wildman–Crippen MR) is 89.3 cm³/mol. The predicted octanol–water partition coefficient (Wildman–Crippen LogP) is 3.65. The number of fused-ring (bicyclic) bond motifs is 1. The SMILES string of the molecule is CCOc1ccc2c(c1)C(C)=CC(C)(C)N2[C@@H](C)C(=O)OC. The van der Waals surface area contributed by atoms with Crippen molar-refractivity contribution in [2.75, 3.05) is 18.6 Å². The molecule has 0 aromatic heterocycles. The number of ether oxygens (including phenoxy) is 2. The number of allylic oxidation sites excluding steroid dienone is 1. The maximum atomic E-state index is 12.1. The van der Waals surface area contributed by atoms with Crippen LogP contribution in [0.25, 0.3) is 5.57 Å². The van der Waals surface area contributed by atoms with Crippen molar-refractivity contribution in [3.8, 4) is 5.75 Å². The molecule has 0 saturated carbocycles. The van der Waals surface area contributed by atoms with Crippen molar-refractivity contribution < 1.29 is 14.3 Å². The third-order valence-corrected chi connectivity index (χ3v) is 4.08. The summed E-state index contributed by atoms with van der Waals surface area (Å²) in [6.07, 6.45) is 2.19. The Balaban J connectivity index is 2.54. The number of methoxy groups -OCH3 is 1. The molecule has 1 aliphatic heterocycles. The van der Waals surface area contributed by atoms with E-state index in [4.69, 9.17) is 9.47 Å². The van der Waals surface area contributed by atoms with Crippen molar-refractivity contribution in [3.05, 3.63) is 29.8 Å². The highest BCUT2D eigenvalue weighted by Crippen LogP contribution is 2.41. The molecule has 0 amide bonds. The van der Waals surface area contributed by atoms with E-state index in [0.717, 1.165) is 17.0 Å². The zero-order chi connectivity index (χ0) is 16.5. The molecule has 0 fully saturated rings. The van der Waals surface area contributed by atoms with Crippen LogP contribution in [-0.2, 0) is 9.53 Å². The number of carbonyl (C=O) groups excluding carboxylic acids is 1. The first-order valence-electron chi connectivity index (χ1n) is 7.65. The van der Waals surface area contributed by atoms with Gasteiger partial charge in [0.25, 0.3) is 0 Å². The van der Waals surface area contributed by atoms with E-state index in [1.807, 2.05) is 32.0 Å². The zero-order valence-electron chi connectivity index (χ0n) is 14.3. The number of carbonyl (C=O) groups is 1. The van der Waals surface area contributed by atoms with Gasteiger partial charge in [0.2, 0.25) is 0 Å². The van der Waals surface area contributed by atoms with E-state index in [1.165, 1.54) is 12.7 Å². The molecular formula is C18H25NO3. The molecular weight excluding hydrogens is 278 g/mol. The molecule has 2 rings (SSSR count). The average molecular weight is 303 g/mol. The van der Waals surface area contributed by atoms with Gasteiger partial charge in [-0.1, -0.05) is 6.08 Å². The second kappa shape index (κ2) is 6.03. The van der Waals surface area contributed by atoms with Gasteiger partial charge in [0.15, 0.2) is 0 Å². The van der Waals surface area contributed by atoms with Gasteiger partial charge >= 0.3 is 5.97 Å². The minimum atomic E-state index is -0.360. The van der Waals surface area contributed by atoms with Crippen molar-refractivity contribution in [1.29, 1.82) is 0 Å².